The van der Waals surface area contributed by atoms with Crippen LogP contribution in [0.5, 0.6) is 0 Å². The Hall–Kier alpha value is -2.57. The third kappa shape index (κ3) is 10.5. The quantitative estimate of drug-likeness (QED) is 0.326. The van der Waals surface area contributed by atoms with Gasteiger partial charge in [0.1, 0.15) is 17.7 Å². The van der Waals surface area contributed by atoms with Crippen molar-refractivity contribution in [3.05, 3.63) is 35.4 Å². The first-order valence-electron chi connectivity index (χ1n) is 14.9. The second-order valence-corrected chi connectivity index (χ2v) is 13.1. The maximum Gasteiger partial charge on any atom is 0.408 e. The molecular formula is C32H53N3O4. The predicted octanol–water partition coefficient (Wildman–Crippen LogP) is 6.69. The summed E-state index contributed by atoms with van der Waals surface area (Å²) in [7, 11) is 0. The van der Waals surface area contributed by atoms with E-state index in [0.29, 0.717) is 5.92 Å². The fourth-order valence-corrected chi connectivity index (χ4v) is 5.23. The third-order valence-corrected chi connectivity index (χ3v) is 7.33. The predicted molar refractivity (Wildman–Crippen MR) is 157 cm³/mol. The van der Waals surface area contributed by atoms with E-state index < -0.39 is 23.8 Å². The Morgan fingerprint density at radius 1 is 1.00 bits per heavy atom. The molecule has 220 valence electrons. The highest BCUT2D eigenvalue weighted by molar-refractivity contribution is 5.92. The molecule has 0 aliphatic heterocycles. The Bertz CT molecular complexity index is 947. The topological polar surface area (TPSA) is 87.7 Å². The normalized spacial score (nSPS) is 16.9. The van der Waals surface area contributed by atoms with E-state index in [2.05, 4.69) is 24.5 Å². The van der Waals surface area contributed by atoms with Crippen LogP contribution >= 0.6 is 0 Å². The minimum absolute atomic E-state index is 0.113. The zero-order valence-electron chi connectivity index (χ0n) is 25.8. The molecule has 1 aliphatic carbocycles. The van der Waals surface area contributed by atoms with Crippen LogP contribution in [0.3, 0.4) is 0 Å². The molecule has 3 unspecified atom stereocenters. The van der Waals surface area contributed by atoms with Gasteiger partial charge in [0.2, 0.25) is 11.8 Å². The lowest BCUT2D eigenvalue weighted by molar-refractivity contribution is -0.146. The first-order chi connectivity index (χ1) is 18.2. The van der Waals surface area contributed by atoms with E-state index in [9.17, 15) is 14.4 Å². The Morgan fingerprint density at radius 3 is 2.18 bits per heavy atom. The molecule has 3 atom stereocenters. The lowest BCUT2D eigenvalue weighted by Crippen LogP contribution is -2.57. The number of carbonyl (C=O) groups is 3. The van der Waals surface area contributed by atoms with Gasteiger partial charge in [0.15, 0.2) is 0 Å². The molecule has 1 fully saturated rings. The summed E-state index contributed by atoms with van der Waals surface area (Å²) in [6.07, 6.45) is 6.34. The lowest BCUT2D eigenvalue weighted by atomic mass is 9.92. The second-order valence-electron chi connectivity index (χ2n) is 13.1. The molecule has 1 aliphatic rings. The number of hydrogen-bond donors (Lipinski definition) is 2. The van der Waals surface area contributed by atoms with Crippen LogP contribution in [0.2, 0.25) is 0 Å². The number of alkyl carbamates (subject to hydrolysis) is 1. The average molecular weight is 544 g/mol. The molecular weight excluding hydrogens is 490 g/mol. The van der Waals surface area contributed by atoms with Gasteiger partial charge in [-0.1, -0.05) is 76.8 Å². The van der Waals surface area contributed by atoms with Gasteiger partial charge in [-0.3, -0.25) is 9.59 Å². The highest BCUT2D eigenvalue weighted by Gasteiger charge is 2.40. The van der Waals surface area contributed by atoms with Gasteiger partial charge in [0.25, 0.3) is 0 Å². The molecule has 0 spiro atoms. The van der Waals surface area contributed by atoms with Crippen LogP contribution in [0.25, 0.3) is 0 Å². The van der Waals surface area contributed by atoms with Crippen molar-refractivity contribution in [1.82, 2.24) is 15.5 Å². The van der Waals surface area contributed by atoms with Crippen LogP contribution in [0.1, 0.15) is 118 Å². The lowest BCUT2D eigenvalue weighted by Gasteiger charge is -2.40. The van der Waals surface area contributed by atoms with Gasteiger partial charge < -0.3 is 20.3 Å². The molecule has 7 heteroatoms. The number of nitrogens with zero attached hydrogens (tertiary/aromatic N) is 1. The Kier molecular flexibility index (Phi) is 12.3. The molecule has 1 aromatic rings. The van der Waals surface area contributed by atoms with Gasteiger partial charge in [0, 0.05) is 12.1 Å². The number of amides is 3. The summed E-state index contributed by atoms with van der Waals surface area (Å²) in [6.45, 7) is 17.5. The molecule has 7 nitrogen and oxygen atoms in total. The van der Waals surface area contributed by atoms with E-state index in [1.54, 1.807) is 25.7 Å². The van der Waals surface area contributed by atoms with Crippen molar-refractivity contribution in [2.24, 2.45) is 11.8 Å². The van der Waals surface area contributed by atoms with E-state index in [-0.39, 0.29) is 29.8 Å². The Labute approximate surface area is 236 Å². The van der Waals surface area contributed by atoms with Crippen LogP contribution in [-0.4, -0.2) is 46.5 Å². The van der Waals surface area contributed by atoms with E-state index in [1.165, 1.54) is 6.42 Å². The van der Waals surface area contributed by atoms with Crippen molar-refractivity contribution in [1.29, 1.82) is 0 Å². The number of nitrogens with one attached hydrogen (secondary N) is 2. The van der Waals surface area contributed by atoms with Crippen molar-refractivity contribution >= 4 is 17.9 Å². The van der Waals surface area contributed by atoms with Crippen molar-refractivity contribution in [2.75, 3.05) is 0 Å². The molecule has 0 aromatic heterocycles. The van der Waals surface area contributed by atoms with E-state index in [0.717, 1.165) is 49.7 Å². The minimum Gasteiger partial charge on any atom is -0.444 e. The summed E-state index contributed by atoms with van der Waals surface area (Å²) in [5.74, 6) is -0.169. The zero-order chi connectivity index (χ0) is 29.3. The van der Waals surface area contributed by atoms with Gasteiger partial charge in [0.05, 0.1) is 0 Å². The maximum atomic E-state index is 14.4. The van der Waals surface area contributed by atoms with Crippen LogP contribution in [0.4, 0.5) is 4.79 Å². The SMILES string of the molecule is Cc1cccc(C(C(=O)NC2CCCCC2)N(C(=O)C(NC(=O)OC(C)(C)C)C(C)C)C(C)CCC(C)C)c1. The number of ether oxygens (including phenoxy) is 1. The molecule has 3 amide bonds. The summed E-state index contributed by atoms with van der Waals surface area (Å²) in [5, 5.41) is 6.11. The first-order valence-corrected chi connectivity index (χ1v) is 14.9. The summed E-state index contributed by atoms with van der Waals surface area (Å²) in [5.41, 5.74) is 1.12. The van der Waals surface area contributed by atoms with E-state index in [4.69, 9.17) is 4.74 Å². The molecule has 0 radical (unpaired) electrons. The number of carbonyl (C=O) groups excluding carboxylic acids is 3. The number of rotatable bonds is 11. The Morgan fingerprint density at radius 2 is 1.64 bits per heavy atom. The molecule has 0 saturated heterocycles. The first kappa shape index (κ1) is 32.6. The van der Waals surface area contributed by atoms with Crippen LogP contribution in [0.15, 0.2) is 24.3 Å². The van der Waals surface area contributed by atoms with Gasteiger partial charge in [-0.25, -0.2) is 4.79 Å². The van der Waals surface area contributed by atoms with E-state index >= 15 is 0 Å². The molecule has 1 saturated carbocycles. The largest absolute Gasteiger partial charge is 0.444 e. The summed E-state index contributed by atoms with van der Waals surface area (Å²) >= 11 is 0. The standard InChI is InChI=1S/C32H53N3O4/c1-21(2)18-19-24(6)35(30(37)27(22(3)4)34-31(38)39-32(7,8)9)28(25-15-13-14-23(5)20-25)29(36)33-26-16-11-10-12-17-26/h13-15,20-22,24,26-28H,10-12,16-19H2,1-9H3,(H,33,36)(H,34,38). The average Bonchev–Trinajstić information content (AvgIpc) is 2.83. The van der Waals surface area contributed by atoms with Gasteiger partial charge in [-0.15, -0.1) is 0 Å². The molecule has 0 heterocycles. The van der Waals surface area contributed by atoms with Gasteiger partial charge >= 0.3 is 6.09 Å². The van der Waals surface area contributed by atoms with Crippen molar-refractivity contribution < 1.29 is 19.1 Å². The monoisotopic (exact) mass is 543 g/mol. The fourth-order valence-electron chi connectivity index (χ4n) is 5.23. The highest BCUT2D eigenvalue weighted by Crippen LogP contribution is 2.30. The molecule has 2 N–H and O–H groups in total. The molecule has 1 aromatic carbocycles. The summed E-state index contributed by atoms with van der Waals surface area (Å²) < 4.78 is 5.50. The summed E-state index contributed by atoms with van der Waals surface area (Å²) in [6, 6.07) is 6.11. The van der Waals surface area contributed by atoms with Crippen molar-refractivity contribution in [3.63, 3.8) is 0 Å². The maximum absolute atomic E-state index is 14.4. The second kappa shape index (κ2) is 14.7. The minimum atomic E-state index is -0.837. The van der Waals surface area contributed by atoms with Crippen LogP contribution in [0, 0.1) is 18.8 Å². The highest BCUT2D eigenvalue weighted by atomic mass is 16.6. The molecule has 0 bridgehead atoms. The van der Waals surface area contributed by atoms with Gasteiger partial charge in [-0.2, -0.15) is 0 Å². The van der Waals surface area contributed by atoms with Gasteiger partial charge in [-0.05, 0) is 77.7 Å². The van der Waals surface area contributed by atoms with Crippen molar-refractivity contribution in [3.8, 4) is 0 Å². The number of hydrogen-bond acceptors (Lipinski definition) is 4. The fraction of sp³-hybridized carbons (Fsp3) is 0.719. The number of benzene rings is 1. The van der Waals surface area contributed by atoms with Crippen LogP contribution in [-0.2, 0) is 14.3 Å². The molecule has 39 heavy (non-hydrogen) atoms. The zero-order valence-corrected chi connectivity index (χ0v) is 25.8. The van der Waals surface area contributed by atoms with Crippen LogP contribution < -0.4 is 10.6 Å². The Balaban J connectivity index is 2.53. The number of aryl methyl sites for hydroxylation is 1. The third-order valence-electron chi connectivity index (χ3n) is 7.33. The van der Waals surface area contributed by atoms with E-state index in [1.807, 2.05) is 52.0 Å². The smallest absolute Gasteiger partial charge is 0.408 e. The summed E-state index contributed by atoms with van der Waals surface area (Å²) in [4.78, 5) is 43.1. The molecule has 2 rings (SSSR count). The van der Waals surface area contributed by atoms with Crippen molar-refractivity contribution in [2.45, 2.75) is 137 Å².